The van der Waals surface area contributed by atoms with Crippen LogP contribution < -0.4 is 15.5 Å². The van der Waals surface area contributed by atoms with Gasteiger partial charge in [0, 0.05) is 11.3 Å². The fourth-order valence-electron chi connectivity index (χ4n) is 2.77. The van der Waals surface area contributed by atoms with E-state index in [0.29, 0.717) is 37.1 Å². The van der Waals surface area contributed by atoms with Crippen molar-refractivity contribution in [2.75, 3.05) is 5.32 Å². The lowest BCUT2D eigenvalue weighted by molar-refractivity contribution is -0.126. The highest BCUT2D eigenvalue weighted by Crippen LogP contribution is 2.27. The van der Waals surface area contributed by atoms with Crippen LogP contribution in [0.25, 0.3) is 0 Å². The lowest BCUT2D eigenvalue weighted by atomic mass is 10.1. The fraction of sp³-hybridized carbons (Fsp3) is 0.0833. The monoisotopic (exact) mass is 558 g/mol. The van der Waals surface area contributed by atoms with E-state index in [2.05, 4.69) is 37.8 Å². The summed E-state index contributed by atoms with van der Waals surface area (Å²) in [6.45, 7) is 0.246. The minimum atomic E-state index is -0.580. The Morgan fingerprint density at radius 3 is 2.59 bits per heavy atom. The van der Waals surface area contributed by atoms with Gasteiger partial charge in [0.2, 0.25) is 11.8 Å². The molecule has 10 heteroatoms. The molecule has 2 amide bonds. The Balaban J connectivity index is 1.49. The van der Waals surface area contributed by atoms with Gasteiger partial charge < -0.3 is 10.1 Å². The lowest BCUT2D eigenvalue weighted by Gasteiger charge is -2.10. The molecule has 3 aromatic carbocycles. The molecule has 0 radical (unpaired) electrons. The van der Waals surface area contributed by atoms with Crippen LogP contribution in [0.4, 0.5) is 5.69 Å². The van der Waals surface area contributed by atoms with Gasteiger partial charge in [-0.15, -0.1) is 0 Å². The Kier molecular flexibility index (Phi) is 9.05. The van der Waals surface area contributed by atoms with E-state index < -0.39 is 18.2 Å². The summed E-state index contributed by atoms with van der Waals surface area (Å²) in [4.78, 5) is 24.0. The van der Waals surface area contributed by atoms with E-state index in [9.17, 15) is 14.9 Å². The summed E-state index contributed by atoms with van der Waals surface area (Å²) in [6, 6.07) is 19.2. The minimum absolute atomic E-state index is 0.246. The topological polar surface area (TPSA) is 104 Å². The van der Waals surface area contributed by atoms with E-state index in [1.165, 1.54) is 12.3 Å². The zero-order chi connectivity index (χ0) is 24.5. The van der Waals surface area contributed by atoms with Gasteiger partial charge in [0.25, 0.3) is 0 Å². The van der Waals surface area contributed by atoms with Gasteiger partial charge >= 0.3 is 0 Å². The Bertz CT molecular complexity index is 1290. The summed E-state index contributed by atoms with van der Waals surface area (Å²) in [5, 5.41) is 16.3. The van der Waals surface area contributed by atoms with Crippen molar-refractivity contribution in [1.29, 1.82) is 5.26 Å². The number of nitrogens with zero attached hydrogens (tertiary/aromatic N) is 2. The van der Waals surface area contributed by atoms with Crippen LogP contribution in [0.3, 0.4) is 0 Å². The number of carbonyl (C=O) groups excluding carboxylic acids is 2. The van der Waals surface area contributed by atoms with Gasteiger partial charge in [-0.3, -0.25) is 9.59 Å². The first kappa shape index (κ1) is 25.2. The molecule has 0 aromatic heterocycles. The van der Waals surface area contributed by atoms with Crippen molar-refractivity contribution in [3.63, 3.8) is 0 Å². The van der Waals surface area contributed by atoms with E-state index in [1.807, 2.05) is 12.1 Å². The predicted molar refractivity (Wildman–Crippen MR) is 135 cm³/mol. The van der Waals surface area contributed by atoms with Gasteiger partial charge in [0.15, 0.2) is 0 Å². The molecule has 0 heterocycles. The molecule has 0 aliphatic carbocycles. The summed E-state index contributed by atoms with van der Waals surface area (Å²) in [6.07, 6.45) is 1.02. The normalized spacial score (nSPS) is 10.5. The Morgan fingerprint density at radius 2 is 1.85 bits per heavy atom. The molecular weight excluding hydrogens is 543 g/mol. The largest absolute Gasteiger partial charge is 0.488 e. The number of anilines is 1. The second-order valence-electron chi connectivity index (χ2n) is 6.89. The van der Waals surface area contributed by atoms with E-state index in [-0.39, 0.29) is 6.61 Å². The van der Waals surface area contributed by atoms with Gasteiger partial charge in [-0.25, -0.2) is 5.43 Å². The minimum Gasteiger partial charge on any atom is -0.488 e. The highest BCUT2D eigenvalue weighted by Gasteiger charge is 2.10. The SMILES string of the molecule is N#Cc1ccccc1COc1ccc(C=NNC(=O)CC(=O)Nc2ccc(Cl)c(Cl)c2)cc1Br. The van der Waals surface area contributed by atoms with Crippen LogP contribution in [-0.2, 0) is 16.2 Å². The molecule has 0 atom stereocenters. The van der Waals surface area contributed by atoms with Crippen molar-refractivity contribution in [1.82, 2.24) is 5.43 Å². The van der Waals surface area contributed by atoms with Crippen LogP contribution >= 0.6 is 39.1 Å². The van der Waals surface area contributed by atoms with E-state index >= 15 is 0 Å². The predicted octanol–water partition coefficient (Wildman–Crippen LogP) is 5.69. The van der Waals surface area contributed by atoms with Crippen LogP contribution in [0, 0.1) is 11.3 Å². The first-order valence-electron chi connectivity index (χ1n) is 9.83. The second-order valence-corrected chi connectivity index (χ2v) is 8.56. The first-order chi connectivity index (χ1) is 16.4. The van der Waals surface area contributed by atoms with Crippen molar-refractivity contribution < 1.29 is 14.3 Å². The molecule has 3 aromatic rings. The number of rotatable bonds is 8. The molecule has 3 rings (SSSR count). The Morgan fingerprint density at radius 1 is 1.06 bits per heavy atom. The molecule has 0 saturated carbocycles. The Labute approximate surface area is 214 Å². The molecule has 0 fully saturated rings. The Hall–Kier alpha value is -3.38. The third kappa shape index (κ3) is 7.32. The number of amides is 2. The molecule has 0 aliphatic heterocycles. The van der Waals surface area contributed by atoms with Crippen LogP contribution in [0.1, 0.15) is 23.1 Å². The van der Waals surface area contributed by atoms with E-state index in [0.717, 1.165) is 5.56 Å². The summed E-state index contributed by atoms with van der Waals surface area (Å²) in [7, 11) is 0. The maximum atomic E-state index is 12.0. The molecule has 172 valence electrons. The summed E-state index contributed by atoms with van der Waals surface area (Å²) >= 11 is 15.2. The van der Waals surface area contributed by atoms with Gasteiger partial charge in [0.05, 0.1) is 32.4 Å². The number of ether oxygens (including phenoxy) is 1. The van der Waals surface area contributed by atoms with Crippen LogP contribution in [-0.4, -0.2) is 18.0 Å². The van der Waals surface area contributed by atoms with E-state index in [1.54, 1.807) is 42.5 Å². The highest BCUT2D eigenvalue weighted by atomic mass is 79.9. The van der Waals surface area contributed by atoms with Gasteiger partial charge in [0.1, 0.15) is 18.8 Å². The maximum Gasteiger partial charge on any atom is 0.249 e. The number of hydrogen-bond acceptors (Lipinski definition) is 5. The lowest BCUT2D eigenvalue weighted by Crippen LogP contribution is -2.24. The molecule has 0 spiro atoms. The molecule has 7 nitrogen and oxygen atoms in total. The van der Waals surface area contributed by atoms with Crippen LogP contribution in [0.5, 0.6) is 5.75 Å². The number of nitrogens with one attached hydrogen (secondary N) is 2. The van der Waals surface area contributed by atoms with Crippen molar-refractivity contribution >= 4 is 62.8 Å². The third-order valence-electron chi connectivity index (χ3n) is 4.40. The smallest absolute Gasteiger partial charge is 0.249 e. The van der Waals surface area contributed by atoms with Crippen molar-refractivity contribution in [3.8, 4) is 11.8 Å². The zero-order valence-corrected chi connectivity index (χ0v) is 20.6. The van der Waals surface area contributed by atoms with Gasteiger partial charge in [-0.1, -0.05) is 41.4 Å². The second kappa shape index (κ2) is 12.2. The van der Waals surface area contributed by atoms with Crippen LogP contribution in [0.2, 0.25) is 10.0 Å². The molecule has 0 aliphatic rings. The average Bonchev–Trinajstić information content (AvgIpc) is 2.81. The number of hydrazone groups is 1. The average molecular weight is 560 g/mol. The first-order valence-corrected chi connectivity index (χ1v) is 11.4. The molecule has 0 bridgehead atoms. The third-order valence-corrected chi connectivity index (χ3v) is 5.76. The summed E-state index contributed by atoms with van der Waals surface area (Å²) < 4.78 is 6.48. The number of hydrogen-bond donors (Lipinski definition) is 2. The van der Waals surface area contributed by atoms with Crippen LogP contribution in [0.15, 0.2) is 70.2 Å². The maximum absolute atomic E-state index is 12.0. The number of carbonyl (C=O) groups is 2. The van der Waals surface area contributed by atoms with Crippen molar-refractivity contribution in [2.24, 2.45) is 5.10 Å². The standard InChI is InChI=1S/C24H17BrCl2N4O3/c25-19-9-15(5-8-22(19)34-14-17-4-2-1-3-16(17)12-28)13-29-31-24(33)11-23(32)30-18-6-7-20(26)21(27)10-18/h1-10,13H,11,14H2,(H,30,32)(H,31,33). The number of benzene rings is 3. The zero-order valence-electron chi connectivity index (χ0n) is 17.5. The molecule has 0 saturated heterocycles. The van der Waals surface area contributed by atoms with Crippen molar-refractivity contribution in [2.45, 2.75) is 13.0 Å². The van der Waals surface area contributed by atoms with E-state index in [4.69, 9.17) is 27.9 Å². The van der Waals surface area contributed by atoms with Gasteiger partial charge in [-0.2, -0.15) is 10.4 Å². The van der Waals surface area contributed by atoms with Crippen molar-refractivity contribution in [3.05, 3.63) is 91.9 Å². The van der Waals surface area contributed by atoms with Gasteiger partial charge in [-0.05, 0) is 64.0 Å². The number of halogens is 3. The molecule has 34 heavy (non-hydrogen) atoms. The highest BCUT2D eigenvalue weighted by molar-refractivity contribution is 9.10. The molecule has 2 N–H and O–H groups in total. The number of nitriles is 1. The summed E-state index contributed by atoms with van der Waals surface area (Å²) in [5.41, 5.74) is 4.77. The summed E-state index contributed by atoms with van der Waals surface area (Å²) in [5.74, 6) is -0.509. The fourth-order valence-corrected chi connectivity index (χ4v) is 3.58. The molecular formula is C24H17BrCl2N4O3. The molecule has 0 unspecified atom stereocenters. The quantitative estimate of drug-likeness (QED) is 0.210.